The second kappa shape index (κ2) is 7.64. The average molecular weight is 403 g/mol. The number of carbonyl (C=O) groups is 1. The standard InChI is InChI=1S/C26H30N2O2/c1-17(29)30-25-13-12-24-23-10-8-18-16-20(28-27-19-6-4-3-5-7-19)9-11-21(18)22(23)14-15-26(24,25)2/h3-7,9,11,16,22-25H,8,10,12-15H2,1-2H3. The van der Waals surface area contributed by atoms with E-state index in [0.29, 0.717) is 17.8 Å². The molecule has 0 bridgehead atoms. The number of nitrogens with zero attached hydrogens (tertiary/aromatic N) is 2. The van der Waals surface area contributed by atoms with E-state index >= 15 is 0 Å². The molecule has 5 unspecified atom stereocenters. The van der Waals surface area contributed by atoms with Crippen LogP contribution in [-0.2, 0) is 16.0 Å². The molecule has 0 amide bonds. The van der Waals surface area contributed by atoms with Gasteiger partial charge in [-0.3, -0.25) is 4.79 Å². The van der Waals surface area contributed by atoms with Gasteiger partial charge >= 0.3 is 5.97 Å². The van der Waals surface area contributed by atoms with Crippen LogP contribution in [0.3, 0.4) is 0 Å². The summed E-state index contributed by atoms with van der Waals surface area (Å²) in [5.74, 6) is 1.86. The van der Waals surface area contributed by atoms with E-state index < -0.39 is 0 Å². The van der Waals surface area contributed by atoms with Gasteiger partial charge in [0.25, 0.3) is 0 Å². The van der Waals surface area contributed by atoms with Crippen LogP contribution in [0.1, 0.15) is 63.0 Å². The maximum absolute atomic E-state index is 11.6. The van der Waals surface area contributed by atoms with E-state index in [4.69, 9.17) is 4.74 Å². The molecule has 4 nitrogen and oxygen atoms in total. The molecule has 0 heterocycles. The first-order chi connectivity index (χ1) is 14.5. The summed E-state index contributed by atoms with van der Waals surface area (Å²) in [6.07, 6.45) is 6.98. The summed E-state index contributed by atoms with van der Waals surface area (Å²) < 4.78 is 5.75. The first-order valence-electron chi connectivity index (χ1n) is 11.3. The number of aryl methyl sites for hydroxylation is 1. The summed E-state index contributed by atoms with van der Waals surface area (Å²) in [5, 5.41) is 8.84. The highest BCUT2D eigenvalue weighted by Crippen LogP contribution is 2.61. The van der Waals surface area contributed by atoms with Gasteiger partial charge in [0.2, 0.25) is 0 Å². The monoisotopic (exact) mass is 402 g/mol. The first kappa shape index (κ1) is 19.5. The van der Waals surface area contributed by atoms with Gasteiger partial charge in [-0.2, -0.15) is 10.2 Å². The van der Waals surface area contributed by atoms with Crippen molar-refractivity contribution in [3.8, 4) is 0 Å². The van der Waals surface area contributed by atoms with Crippen LogP contribution < -0.4 is 0 Å². The van der Waals surface area contributed by atoms with Crippen molar-refractivity contribution in [2.45, 2.75) is 64.4 Å². The van der Waals surface area contributed by atoms with Crippen molar-refractivity contribution in [3.05, 3.63) is 59.7 Å². The number of fused-ring (bicyclic) bond motifs is 5. The molecule has 2 aromatic rings. The molecule has 2 saturated carbocycles. The minimum atomic E-state index is -0.129. The first-order valence-corrected chi connectivity index (χ1v) is 11.3. The summed E-state index contributed by atoms with van der Waals surface area (Å²) >= 11 is 0. The zero-order chi connectivity index (χ0) is 20.7. The van der Waals surface area contributed by atoms with Crippen molar-refractivity contribution in [2.24, 2.45) is 27.5 Å². The molecule has 0 N–H and O–H groups in total. The molecular formula is C26H30N2O2. The lowest BCUT2D eigenvalue weighted by atomic mass is 9.55. The fourth-order valence-electron chi connectivity index (χ4n) is 6.59. The third-order valence-corrected chi connectivity index (χ3v) is 7.97. The van der Waals surface area contributed by atoms with Gasteiger partial charge < -0.3 is 4.74 Å². The summed E-state index contributed by atoms with van der Waals surface area (Å²) in [7, 11) is 0. The number of rotatable bonds is 3. The van der Waals surface area contributed by atoms with E-state index in [1.165, 1.54) is 30.4 Å². The number of esters is 1. The van der Waals surface area contributed by atoms with E-state index in [2.05, 4.69) is 35.4 Å². The minimum absolute atomic E-state index is 0.100. The number of hydrogen-bond acceptors (Lipinski definition) is 4. The van der Waals surface area contributed by atoms with Gasteiger partial charge in [0.15, 0.2) is 0 Å². The Morgan fingerprint density at radius 1 is 1.00 bits per heavy atom. The number of carbonyl (C=O) groups excluding carboxylic acids is 1. The van der Waals surface area contributed by atoms with Gasteiger partial charge in [0.1, 0.15) is 6.10 Å². The van der Waals surface area contributed by atoms with Crippen LogP contribution in [0.4, 0.5) is 11.4 Å². The highest BCUT2D eigenvalue weighted by molar-refractivity contribution is 5.66. The van der Waals surface area contributed by atoms with Crippen LogP contribution >= 0.6 is 0 Å². The Kier molecular flexibility index (Phi) is 4.96. The highest BCUT2D eigenvalue weighted by Gasteiger charge is 2.56. The van der Waals surface area contributed by atoms with Gasteiger partial charge in [-0.05, 0) is 91.7 Å². The van der Waals surface area contributed by atoms with Crippen LogP contribution in [0.25, 0.3) is 0 Å². The molecule has 4 heteroatoms. The molecule has 5 atom stereocenters. The normalized spacial score (nSPS) is 32.3. The SMILES string of the molecule is CC(=O)OC1CCC2C3CCc4cc(N=Nc5ccccc5)ccc4C3CCC12C. The Hall–Kier alpha value is -2.49. The summed E-state index contributed by atoms with van der Waals surface area (Å²) in [6.45, 7) is 3.92. The molecule has 5 rings (SSSR count). The van der Waals surface area contributed by atoms with Gasteiger partial charge in [-0.1, -0.05) is 31.2 Å². The van der Waals surface area contributed by atoms with Crippen LogP contribution in [-0.4, -0.2) is 12.1 Å². The molecule has 0 saturated heterocycles. The van der Waals surface area contributed by atoms with E-state index in [1.807, 2.05) is 30.3 Å². The van der Waals surface area contributed by atoms with E-state index in [-0.39, 0.29) is 17.5 Å². The van der Waals surface area contributed by atoms with Crippen molar-refractivity contribution in [1.29, 1.82) is 0 Å². The Balaban J connectivity index is 1.36. The van der Waals surface area contributed by atoms with Gasteiger partial charge in [-0.15, -0.1) is 0 Å². The Morgan fingerprint density at radius 2 is 1.80 bits per heavy atom. The summed E-state index contributed by atoms with van der Waals surface area (Å²) in [4.78, 5) is 11.6. The molecule has 2 fully saturated rings. The summed E-state index contributed by atoms with van der Waals surface area (Å²) in [6, 6.07) is 16.5. The molecule has 3 aliphatic carbocycles. The fourth-order valence-corrected chi connectivity index (χ4v) is 6.59. The zero-order valence-electron chi connectivity index (χ0n) is 17.9. The van der Waals surface area contributed by atoms with Crippen molar-refractivity contribution < 1.29 is 9.53 Å². The molecule has 3 aliphatic rings. The molecule has 2 aromatic carbocycles. The molecule has 156 valence electrons. The topological polar surface area (TPSA) is 51.0 Å². The molecule has 0 aliphatic heterocycles. The smallest absolute Gasteiger partial charge is 0.302 e. The largest absolute Gasteiger partial charge is 0.462 e. The quantitative estimate of drug-likeness (QED) is 0.414. The lowest BCUT2D eigenvalue weighted by molar-refractivity contribution is -0.154. The van der Waals surface area contributed by atoms with Crippen molar-refractivity contribution in [3.63, 3.8) is 0 Å². The van der Waals surface area contributed by atoms with E-state index in [1.54, 1.807) is 6.92 Å². The van der Waals surface area contributed by atoms with Crippen LogP contribution in [0.2, 0.25) is 0 Å². The lowest BCUT2D eigenvalue weighted by Gasteiger charge is -2.50. The van der Waals surface area contributed by atoms with E-state index in [0.717, 1.165) is 30.6 Å². The van der Waals surface area contributed by atoms with Gasteiger partial charge in [0, 0.05) is 12.3 Å². The molecule has 0 aromatic heterocycles. The Bertz CT molecular complexity index is 970. The third-order valence-electron chi connectivity index (χ3n) is 7.97. The fraction of sp³-hybridized carbons (Fsp3) is 0.500. The Labute approximate surface area is 178 Å². The van der Waals surface area contributed by atoms with Gasteiger partial charge in [0.05, 0.1) is 11.4 Å². The third kappa shape index (κ3) is 3.36. The predicted octanol–water partition coefficient (Wildman–Crippen LogP) is 6.89. The second-order valence-corrected chi connectivity index (χ2v) is 9.55. The predicted molar refractivity (Wildman–Crippen MR) is 117 cm³/mol. The molecule has 0 spiro atoms. The average Bonchev–Trinajstić information content (AvgIpc) is 3.08. The zero-order valence-corrected chi connectivity index (χ0v) is 17.9. The number of azo groups is 1. The van der Waals surface area contributed by atoms with Crippen LogP contribution in [0.15, 0.2) is 58.8 Å². The van der Waals surface area contributed by atoms with E-state index in [9.17, 15) is 4.79 Å². The highest BCUT2D eigenvalue weighted by atomic mass is 16.5. The number of ether oxygens (including phenoxy) is 1. The molecule has 30 heavy (non-hydrogen) atoms. The van der Waals surface area contributed by atoms with Crippen LogP contribution in [0.5, 0.6) is 0 Å². The van der Waals surface area contributed by atoms with Crippen molar-refractivity contribution in [2.75, 3.05) is 0 Å². The van der Waals surface area contributed by atoms with Crippen molar-refractivity contribution in [1.82, 2.24) is 0 Å². The lowest BCUT2D eigenvalue weighted by Crippen LogP contribution is -2.45. The second-order valence-electron chi connectivity index (χ2n) is 9.55. The maximum Gasteiger partial charge on any atom is 0.302 e. The molecule has 0 radical (unpaired) electrons. The number of hydrogen-bond donors (Lipinski definition) is 0. The van der Waals surface area contributed by atoms with Crippen molar-refractivity contribution >= 4 is 17.3 Å². The summed E-state index contributed by atoms with van der Waals surface area (Å²) in [5.41, 5.74) is 4.92. The van der Waals surface area contributed by atoms with Gasteiger partial charge in [-0.25, -0.2) is 0 Å². The van der Waals surface area contributed by atoms with Crippen LogP contribution in [0, 0.1) is 17.3 Å². The number of benzene rings is 2. The Morgan fingerprint density at radius 3 is 2.60 bits per heavy atom. The molecular weight excluding hydrogens is 372 g/mol. The minimum Gasteiger partial charge on any atom is -0.462 e. The maximum atomic E-state index is 11.6.